The number of aryl methyl sites for hydroxylation is 1. The van der Waals surface area contributed by atoms with E-state index in [1.807, 2.05) is 11.8 Å². The van der Waals surface area contributed by atoms with E-state index in [4.69, 9.17) is 0 Å². The van der Waals surface area contributed by atoms with Crippen molar-refractivity contribution in [2.75, 3.05) is 24.6 Å². The number of hydrogen-bond acceptors (Lipinski definition) is 4. The second-order valence-electron chi connectivity index (χ2n) is 7.30. The van der Waals surface area contributed by atoms with Crippen molar-refractivity contribution in [2.45, 2.75) is 51.7 Å². The van der Waals surface area contributed by atoms with Gasteiger partial charge < -0.3 is 4.90 Å². The summed E-state index contributed by atoms with van der Waals surface area (Å²) in [6, 6.07) is 8.14. The van der Waals surface area contributed by atoms with Gasteiger partial charge in [0.2, 0.25) is 5.91 Å². The molecule has 2 fully saturated rings. The van der Waals surface area contributed by atoms with Crippen LogP contribution in [-0.4, -0.2) is 60.8 Å². The van der Waals surface area contributed by atoms with Crippen LogP contribution in [0.25, 0.3) is 0 Å². The molecule has 25 heavy (non-hydrogen) atoms. The lowest BCUT2D eigenvalue weighted by Crippen LogP contribution is -2.49. The zero-order valence-electron chi connectivity index (χ0n) is 15.1. The highest BCUT2D eigenvalue weighted by atomic mass is 32.2. The Morgan fingerprint density at radius 3 is 2.76 bits per heavy atom. The van der Waals surface area contributed by atoms with Crippen molar-refractivity contribution in [2.24, 2.45) is 0 Å². The molecule has 3 rings (SSSR count). The van der Waals surface area contributed by atoms with Gasteiger partial charge in [0.25, 0.3) is 0 Å². The van der Waals surface area contributed by atoms with Crippen molar-refractivity contribution < 1.29 is 13.2 Å². The molecule has 2 aliphatic rings. The molecule has 0 spiro atoms. The third-order valence-corrected chi connectivity index (χ3v) is 7.14. The van der Waals surface area contributed by atoms with Gasteiger partial charge in [0.05, 0.1) is 17.5 Å². The van der Waals surface area contributed by atoms with Crippen LogP contribution in [0.2, 0.25) is 0 Å². The summed E-state index contributed by atoms with van der Waals surface area (Å²) >= 11 is 0. The van der Waals surface area contributed by atoms with Crippen LogP contribution < -0.4 is 0 Å². The van der Waals surface area contributed by atoms with Gasteiger partial charge >= 0.3 is 0 Å². The molecule has 1 aromatic rings. The van der Waals surface area contributed by atoms with Gasteiger partial charge in [-0.2, -0.15) is 0 Å². The van der Waals surface area contributed by atoms with Crippen LogP contribution in [0, 0.1) is 6.92 Å². The van der Waals surface area contributed by atoms with Crippen LogP contribution >= 0.6 is 0 Å². The first-order valence-electron chi connectivity index (χ1n) is 9.20. The van der Waals surface area contributed by atoms with Gasteiger partial charge in [-0.1, -0.05) is 29.8 Å². The molecule has 0 radical (unpaired) electrons. The first kappa shape index (κ1) is 18.4. The fourth-order valence-corrected chi connectivity index (χ4v) is 5.88. The van der Waals surface area contributed by atoms with E-state index in [1.165, 1.54) is 11.1 Å². The fraction of sp³-hybridized carbons (Fsp3) is 0.632. The van der Waals surface area contributed by atoms with Crippen LogP contribution in [0.15, 0.2) is 24.3 Å². The minimum atomic E-state index is -2.98. The number of sulfone groups is 1. The highest BCUT2D eigenvalue weighted by Crippen LogP contribution is 2.25. The van der Waals surface area contributed by atoms with Crippen molar-refractivity contribution in [1.29, 1.82) is 0 Å². The fourth-order valence-electron chi connectivity index (χ4n) is 4.15. The molecule has 2 atom stereocenters. The lowest BCUT2D eigenvalue weighted by atomic mass is 10.1. The monoisotopic (exact) mass is 364 g/mol. The number of carbonyl (C=O) groups is 1. The van der Waals surface area contributed by atoms with Gasteiger partial charge in [0.1, 0.15) is 0 Å². The molecule has 1 amide bonds. The third-order valence-electron chi connectivity index (χ3n) is 5.39. The van der Waals surface area contributed by atoms with Gasteiger partial charge in [-0.25, -0.2) is 8.42 Å². The maximum Gasteiger partial charge on any atom is 0.240 e. The topological polar surface area (TPSA) is 57.7 Å². The summed E-state index contributed by atoms with van der Waals surface area (Å²) in [6.07, 6.45) is 2.45. The quantitative estimate of drug-likeness (QED) is 0.802. The Bertz CT molecular complexity index is 732. The van der Waals surface area contributed by atoms with Crippen molar-refractivity contribution >= 4 is 15.7 Å². The second-order valence-corrected chi connectivity index (χ2v) is 9.53. The van der Waals surface area contributed by atoms with E-state index in [0.29, 0.717) is 13.0 Å². The van der Waals surface area contributed by atoms with Gasteiger partial charge in [0, 0.05) is 19.1 Å². The van der Waals surface area contributed by atoms with Crippen LogP contribution in [0.1, 0.15) is 37.3 Å². The molecule has 0 bridgehead atoms. The summed E-state index contributed by atoms with van der Waals surface area (Å²) in [5, 5.41) is 0. The number of carbonyl (C=O) groups excluding carboxylic acids is 1. The molecule has 2 heterocycles. The van der Waals surface area contributed by atoms with E-state index in [1.54, 1.807) is 0 Å². The highest BCUT2D eigenvalue weighted by Gasteiger charge is 2.39. The van der Waals surface area contributed by atoms with Gasteiger partial charge in [0.15, 0.2) is 9.84 Å². The average Bonchev–Trinajstić information content (AvgIpc) is 3.14. The molecule has 2 aliphatic heterocycles. The van der Waals surface area contributed by atoms with E-state index in [2.05, 4.69) is 36.1 Å². The summed E-state index contributed by atoms with van der Waals surface area (Å²) in [5.41, 5.74) is 2.46. The van der Waals surface area contributed by atoms with E-state index < -0.39 is 9.84 Å². The molecule has 6 heteroatoms. The largest absolute Gasteiger partial charge is 0.338 e. The second kappa shape index (κ2) is 7.46. The number of benzene rings is 1. The lowest BCUT2D eigenvalue weighted by molar-refractivity contribution is -0.137. The molecule has 5 nitrogen and oxygen atoms in total. The Balaban J connectivity index is 1.71. The normalized spacial score (nSPS) is 26.0. The summed E-state index contributed by atoms with van der Waals surface area (Å²) < 4.78 is 23.6. The summed E-state index contributed by atoms with van der Waals surface area (Å²) in [5.74, 6) is 0.436. The molecule has 0 N–H and O–H groups in total. The van der Waals surface area contributed by atoms with Crippen molar-refractivity contribution in [3.63, 3.8) is 0 Å². The van der Waals surface area contributed by atoms with Gasteiger partial charge in [-0.15, -0.1) is 0 Å². The van der Waals surface area contributed by atoms with E-state index in [9.17, 15) is 13.2 Å². The molecule has 2 saturated heterocycles. The Morgan fingerprint density at radius 2 is 2.12 bits per heavy atom. The van der Waals surface area contributed by atoms with Gasteiger partial charge in [-0.3, -0.25) is 9.69 Å². The van der Waals surface area contributed by atoms with E-state index >= 15 is 0 Å². The molecule has 0 saturated carbocycles. The molecule has 0 aliphatic carbocycles. The van der Waals surface area contributed by atoms with Gasteiger partial charge in [-0.05, 0) is 45.2 Å². The smallest absolute Gasteiger partial charge is 0.240 e. The summed E-state index contributed by atoms with van der Waals surface area (Å²) in [7, 11) is -2.98. The molecular weight excluding hydrogens is 336 g/mol. The van der Waals surface area contributed by atoms with Crippen LogP contribution in [0.3, 0.4) is 0 Å². The van der Waals surface area contributed by atoms with Crippen molar-refractivity contribution in [3.05, 3.63) is 35.4 Å². The number of likely N-dealkylation sites (N-methyl/N-ethyl adjacent to an activating group) is 1. The third kappa shape index (κ3) is 4.23. The summed E-state index contributed by atoms with van der Waals surface area (Å²) in [4.78, 5) is 17.2. The Morgan fingerprint density at radius 1 is 1.32 bits per heavy atom. The van der Waals surface area contributed by atoms with E-state index in [-0.39, 0.29) is 29.5 Å². The van der Waals surface area contributed by atoms with E-state index in [0.717, 1.165) is 25.9 Å². The van der Waals surface area contributed by atoms with Crippen LogP contribution in [-0.2, 0) is 21.2 Å². The number of rotatable bonds is 5. The predicted molar refractivity (Wildman–Crippen MR) is 99.1 cm³/mol. The molecule has 138 valence electrons. The Hall–Kier alpha value is -1.40. The zero-order valence-corrected chi connectivity index (χ0v) is 16.0. The SMILES string of the molecule is CCN(C(=O)C1CCCN1Cc1cccc(C)c1)C1CCS(=O)(=O)C1. The number of hydrogen-bond donors (Lipinski definition) is 0. The van der Waals surface area contributed by atoms with Crippen molar-refractivity contribution in [1.82, 2.24) is 9.80 Å². The minimum Gasteiger partial charge on any atom is -0.338 e. The number of nitrogens with zero attached hydrogens (tertiary/aromatic N) is 2. The maximum absolute atomic E-state index is 13.1. The first-order chi connectivity index (χ1) is 11.9. The summed E-state index contributed by atoms with van der Waals surface area (Å²) in [6.45, 7) is 6.30. The maximum atomic E-state index is 13.1. The zero-order chi connectivity index (χ0) is 18.0. The lowest BCUT2D eigenvalue weighted by Gasteiger charge is -2.33. The van der Waals surface area contributed by atoms with Crippen molar-refractivity contribution in [3.8, 4) is 0 Å². The number of amides is 1. The molecule has 1 aromatic carbocycles. The Labute approximate surface area is 150 Å². The molecule has 2 unspecified atom stereocenters. The average molecular weight is 365 g/mol. The van der Waals surface area contributed by atoms with Crippen LogP contribution in [0.5, 0.6) is 0 Å². The standard InChI is InChI=1S/C19H28N2O3S/c1-3-21(17-9-11-25(23,24)14-17)19(22)18-8-5-10-20(18)13-16-7-4-6-15(2)12-16/h4,6-7,12,17-18H,3,5,8-11,13-14H2,1-2H3. The van der Waals surface area contributed by atoms with Crippen LogP contribution in [0.4, 0.5) is 0 Å². The first-order valence-corrected chi connectivity index (χ1v) is 11.0. The minimum absolute atomic E-state index is 0.106. The number of likely N-dealkylation sites (tertiary alicyclic amines) is 1. The Kier molecular flexibility index (Phi) is 5.49. The molecular formula is C19H28N2O3S. The molecule has 0 aromatic heterocycles. The predicted octanol–water partition coefficient (Wildman–Crippen LogP) is 2.00. The highest BCUT2D eigenvalue weighted by molar-refractivity contribution is 7.91.